The van der Waals surface area contributed by atoms with E-state index in [1.807, 2.05) is 24.3 Å². The van der Waals surface area contributed by atoms with Crippen molar-refractivity contribution in [2.75, 3.05) is 0 Å². The number of fused-ring (bicyclic) bond motifs is 6. The number of rotatable bonds is 3. The highest BCUT2D eigenvalue weighted by Crippen LogP contribution is 2.32. The van der Waals surface area contributed by atoms with Gasteiger partial charge in [0.1, 0.15) is 22.3 Å². The number of aryl methyl sites for hydroxylation is 2. The molecule has 0 radical (unpaired) electrons. The van der Waals surface area contributed by atoms with Gasteiger partial charge in [-0.05, 0) is 48.2 Å². The lowest BCUT2D eigenvalue weighted by Gasteiger charge is -2.04. The van der Waals surface area contributed by atoms with Gasteiger partial charge in [-0.25, -0.2) is 0 Å². The van der Waals surface area contributed by atoms with Crippen LogP contribution in [0, 0.1) is 0 Å². The molecule has 0 fully saturated rings. The number of furan rings is 2. The van der Waals surface area contributed by atoms with Gasteiger partial charge in [0, 0.05) is 21.5 Å². The Bertz CT molecular complexity index is 1470. The Labute approximate surface area is 162 Å². The molecular formula is C26H18O2. The second kappa shape index (κ2) is 6.00. The third-order valence-corrected chi connectivity index (χ3v) is 5.61. The van der Waals surface area contributed by atoms with Crippen LogP contribution >= 0.6 is 0 Å². The van der Waals surface area contributed by atoms with Gasteiger partial charge in [-0.2, -0.15) is 0 Å². The molecule has 4 aromatic carbocycles. The number of para-hydroxylation sites is 3. The molecule has 0 bridgehead atoms. The highest BCUT2D eigenvalue weighted by molar-refractivity contribution is 6.06. The maximum Gasteiger partial charge on any atom is 0.138 e. The lowest BCUT2D eigenvalue weighted by Crippen LogP contribution is -1.91. The van der Waals surface area contributed by atoms with E-state index in [2.05, 4.69) is 60.7 Å². The van der Waals surface area contributed by atoms with Crippen LogP contribution in [-0.4, -0.2) is 0 Å². The standard InChI is InChI=1S/C26H18O2/c1-4-11-24-19(7-1)21-9-5-6-18(26(21)28-24)14-12-17-13-15-25-22(16-17)20-8-2-3-10-23(20)27-25/h1-11,13,15-16H,12,14H2. The van der Waals surface area contributed by atoms with E-state index in [0.717, 1.165) is 35.2 Å². The molecule has 2 heteroatoms. The van der Waals surface area contributed by atoms with Crippen LogP contribution in [0.2, 0.25) is 0 Å². The van der Waals surface area contributed by atoms with E-state index in [4.69, 9.17) is 8.83 Å². The van der Waals surface area contributed by atoms with Gasteiger partial charge in [-0.1, -0.05) is 60.7 Å². The first-order valence-corrected chi connectivity index (χ1v) is 9.66. The van der Waals surface area contributed by atoms with Crippen molar-refractivity contribution in [2.24, 2.45) is 0 Å². The van der Waals surface area contributed by atoms with E-state index in [0.29, 0.717) is 0 Å². The molecule has 0 saturated carbocycles. The Morgan fingerprint density at radius 2 is 1.18 bits per heavy atom. The van der Waals surface area contributed by atoms with Gasteiger partial charge in [0.25, 0.3) is 0 Å². The summed E-state index contributed by atoms with van der Waals surface area (Å²) in [5, 5.41) is 4.75. The summed E-state index contributed by atoms with van der Waals surface area (Å²) in [6, 6.07) is 29.5. The van der Waals surface area contributed by atoms with Crippen LogP contribution in [0.3, 0.4) is 0 Å². The predicted molar refractivity (Wildman–Crippen MR) is 115 cm³/mol. The highest BCUT2D eigenvalue weighted by atomic mass is 16.3. The van der Waals surface area contributed by atoms with Gasteiger partial charge in [-0.15, -0.1) is 0 Å². The van der Waals surface area contributed by atoms with Gasteiger partial charge >= 0.3 is 0 Å². The van der Waals surface area contributed by atoms with E-state index in [1.165, 1.54) is 32.7 Å². The lowest BCUT2D eigenvalue weighted by molar-refractivity contribution is 0.661. The fourth-order valence-electron chi connectivity index (χ4n) is 4.21. The summed E-state index contributed by atoms with van der Waals surface area (Å²) in [4.78, 5) is 0. The van der Waals surface area contributed by atoms with Crippen molar-refractivity contribution >= 4 is 43.9 Å². The molecule has 2 aromatic heterocycles. The molecule has 6 aromatic rings. The molecule has 0 unspecified atom stereocenters. The maximum atomic E-state index is 6.17. The maximum absolute atomic E-state index is 6.17. The van der Waals surface area contributed by atoms with Gasteiger partial charge in [0.2, 0.25) is 0 Å². The Hall–Kier alpha value is -3.52. The van der Waals surface area contributed by atoms with Crippen molar-refractivity contribution in [3.8, 4) is 0 Å². The van der Waals surface area contributed by atoms with Crippen LogP contribution in [-0.2, 0) is 12.8 Å². The van der Waals surface area contributed by atoms with Crippen molar-refractivity contribution in [3.05, 3.63) is 96.1 Å². The molecule has 2 nitrogen and oxygen atoms in total. The smallest absolute Gasteiger partial charge is 0.138 e. The van der Waals surface area contributed by atoms with E-state index < -0.39 is 0 Å². The second-order valence-electron chi connectivity index (χ2n) is 7.32. The van der Waals surface area contributed by atoms with E-state index in [1.54, 1.807) is 0 Å². The lowest BCUT2D eigenvalue weighted by atomic mass is 10.0. The number of hydrogen-bond acceptors (Lipinski definition) is 2. The number of hydrogen-bond donors (Lipinski definition) is 0. The van der Waals surface area contributed by atoms with Crippen LogP contribution in [0.15, 0.2) is 93.8 Å². The van der Waals surface area contributed by atoms with Crippen molar-refractivity contribution in [2.45, 2.75) is 12.8 Å². The fourth-order valence-corrected chi connectivity index (χ4v) is 4.21. The minimum absolute atomic E-state index is 0.943. The molecule has 2 heterocycles. The van der Waals surface area contributed by atoms with Gasteiger partial charge in [0.15, 0.2) is 0 Å². The summed E-state index contributed by atoms with van der Waals surface area (Å²) in [7, 11) is 0. The Balaban J connectivity index is 1.38. The third-order valence-electron chi connectivity index (χ3n) is 5.61. The zero-order valence-corrected chi connectivity index (χ0v) is 15.3. The van der Waals surface area contributed by atoms with Crippen molar-refractivity contribution < 1.29 is 8.83 Å². The topological polar surface area (TPSA) is 26.3 Å². The molecule has 0 N–H and O–H groups in total. The molecule has 134 valence electrons. The zero-order valence-electron chi connectivity index (χ0n) is 15.3. The third kappa shape index (κ3) is 2.35. The molecular weight excluding hydrogens is 344 g/mol. The van der Waals surface area contributed by atoms with Crippen LogP contribution in [0.4, 0.5) is 0 Å². The Morgan fingerprint density at radius 1 is 0.500 bits per heavy atom. The molecule has 0 amide bonds. The minimum atomic E-state index is 0.943. The molecule has 0 aliphatic carbocycles. The van der Waals surface area contributed by atoms with E-state index >= 15 is 0 Å². The van der Waals surface area contributed by atoms with Crippen molar-refractivity contribution in [3.63, 3.8) is 0 Å². The molecule has 6 rings (SSSR count). The monoisotopic (exact) mass is 362 g/mol. The van der Waals surface area contributed by atoms with E-state index in [9.17, 15) is 0 Å². The summed E-state index contributed by atoms with van der Waals surface area (Å²) in [5.74, 6) is 0. The number of benzene rings is 4. The largest absolute Gasteiger partial charge is 0.456 e. The Kier molecular flexibility index (Phi) is 3.33. The minimum Gasteiger partial charge on any atom is -0.456 e. The fraction of sp³-hybridized carbons (Fsp3) is 0.0769. The Morgan fingerprint density at radius 3 is 2.04 bits per heavy atom. The van der Waals surface area contributed by atoms with Gasteiger partial charge in [-0.3, -0.25) is 0 Å². The van der Waals surface area contributed by atoms with Crippen LogP contribution < -0.4 is 0 Å². The molecule has 0 aliphatic rings. The summed E-state index contributed by atoms with van der Waals surface area (Å²) in [6.45, 7) is 0. The first kappa shape index (κ1) is 15.5. The molecule has 0 saturated heterocycles. The molecule has 0 spiro atoms. The summed E-state index contributed by atoms with van der Waals surface area (Å²) in [6.07, 6.45) is 1.91. The normalized spacial score (nSPS) is 11.9. The van der Waals surface area contributed by atoms with Crippen molar-refractivity contribution in [1.29, 1.82) is 0 Å². The van der Waals surface area contributed by atoms with Crippen LogP contribution in [0.5, 0.6) is 0 Å². The van der Waals surface area contributed by atoms with Gasteiger partial charge < -0.3 is 8.83 Å². The van der Waals surface area contributed by atoms with E-state index in [-0.39, 0.29) is 0 Å². The zero-order chi connectivity index (χ0) is 18.5. The molecule has 0 atom stereocenters. The average molecular weight is 362 g/mol. The summed E-state index contributed by atoms with van der Waals surface area (Å²) >= 11 is 0. The van der Waals surface area contributed by atoms with Gasteiger partial charge in [0.05, 0.1) is 0 Å². The second-order valence-corrected chi connectivity index (χ2v) is 7.32. The summed E-state index contributed by atoms with van der Waals surface area (Å²) in [5.41, 5.74) is 6.43. The summed E-state index contributed by atoms with van der Waals surface area (Å²) < 4.78 is 12.1. The van der Waals surface area contributed by atoms with Crippen LogP contribution in [0.1, 0.15) is 11.1 Å². The predicted octanol–water partition coefficient (Wildman–Crippen LogP) is 7.27. The first-order valence-electron chi connectivity index (χ1n) is 9.66. The quantitative estimate of drug-likeness (QED) is 0.331. The average Bonchev–Trinajstić information content (AvgIpc) is 3.30. The molecule has 28 heavy (non-hydrogen) atoms. The SMILES string of the molecule is c1ccc2c(c1)oc1ccc(CCc3cccc4c3oc3ccccc34)cc12. The highest BCUT2D eigenvalue weighted by Gasteiger charge is 2.11. The van der Waals surface area contributed by atoms with Crippen LogP contribution in [0.25, 0.3) is 43.9 Å². The first-order chi connectivity index (χ1) is 13.9. The van der Waals surface area contributed by atoms with Crippen molar-refractivity contribution in [1.82, 2.24) is 0 Å². The molecule has 0 aliphatic heterocycles.